The summed E-state index contributed by atoms with van der Waals surface area (Å²) in [5, 5.41) is 0. The minimum Gasteiger partial charge on any atom is -0.492 e. The highest BCUT2D eigenvalue weighted by Crippen LogP contribution is 2.21. The SMILES string of the molecule is CC(COc1cccc(C(=O)c2ccc(N)c(N)c2)c1)N1CCOCC1. The molecular weight excluding hydrogens is 330 g/mol. The number of hydrogen-bond donors (Lipinski definition) is 2. The molecule has 1 fully saturated rings. The van der Waals surface area contributed by atoms with Crippen LogP contribution in [0, 0.1) is 0 Å². The number of benzene rings is 2. The van der Waals surface area contributed by atoms with Gasteiger partial charge in [-0.15, -0.1) is 0 Å². The van der Waals surface area contributed by atoms with Gasteiger partial charge in [-0.25, -0.2) is 0 Å². The Morgan fingerprint density at radius 1 is 1.12 bits per heavy atom. The van der Waals surface area contributed by atoms with Gasteiger partial charge in [-0.1, -0.05) is 12.1 Å². The third kappa shape index (κ3) is 4.33. The third-order valence-electron chi connectivity index (χ3n) is 4.61. The van der Waals surface area contributed by atoms with E-state index in [0.29, 0.717) is 34.9 Å². The number of carbonyl (C=O) groups excluding carboxylic acids is 1. The fourth-order valence-corrected chi connectivity index (χ4v) is 2.95. The Kier molecular flexibility index (Phi) is 5.75. The van der Waals surface area contributed by atoms with Crippen LogP contribution in [-0.4, -0.2) is 49.6 Å². The van der Waals surface area contributed by atoms with Crippen LogP contribution in [0.4, 0.5) is 11.4 Å². The summed E-state index contributed by atoms with van der Waals surface area (Å²) in [5.41, 5.74) is 13.5. The Morgan fingerprint density at radius 3 is 2.58 bits per heavy atom. The number of rotatable bonds is 6. The Hall–Kier alpha value is -2.57. The molecule has 1 saturated heterocycles. The zero-order chi connectivity index (χ0) is 18.5. The first-order valence-electron chi connectivity index (χ1n) is 8.79. The minimum absolute atomic E-state index is 0.108. The van der Waals surface area contributed by atoms with E-state index in [4.69, 9.17) is 20.9 Å². The second-order valence-electron chi connectivity index (χ2n) is 6.51. The number of nitrogen functional groups attached to an aromatic ring is 2. The van der Waals surface area contributed by atoms with Crippen LogP contribution >= 0.6 is 0 Å². The predicted octanol–water partition coefficient (Wildman–Crippen LogP) is 2.18. The monoisotopic (exact) mass is 355 g/mol. The third-order valence-corrected chi connectivity index (χ3v) is 4.61. The van der Waals surface area contributed by atoms with Crippen molar-refractivity contribution in [3.05, 3.63) is 53.6 Å². The number of anilines is 2. The van der Waals surface area contributed by atoms with Gasteiger partial charge < -0.3 is 20.9 Å². The van der Waals surface area contributed by atoms with Crippen LogP contribution < -0.4 is 16.2 Å². The number of ketones is 1. The number of nitrogens with two attached hydrogens (primary N) is 2. The van der Waals surface area contributed by atoms with Crippen molar-refractivity contribution in [3.8, 4) is 5.75 Å². The van der Waals surface area contributed by atoms with Gasteiger partial charge in [0.15, 0.2) is 5.78 Å². The summed E-state index contributed by atoms with van der Waals surface area (Å²) >= 11 is 0. The first-order chi connectivity index (χ1) is 12.5. The molecule has 1 aliphatic rings. The number of ether oxygens (including phenoxy) is 2. The maximum absolute atomic E-state index is 12.7. The van der Waals surface area contributed by atoms with Gasteiger partial charge in [0.25, 0.3) is 0 Å². The molecule has 1 heterocycles. The molecule has 6 nitrogen and oxygen atoms in total. The van der Waals surface area contributed by atoms with Crippen LogP contribution in [0.3, 0.4) is 0 Å². The van der Waals surface area contributed by atoms with Crippen molar-refractivity contribution >= 4 is 17.2 Å². The normalized spacial score (nSPS) is 16.2. The van der Waals surface area contributed by atoms with Gasteiger partial charge in [-0.05, 0) is 37.3 Å². The fourth-order valence-electron chi connectivity index (χ4n) is 2.95. The molecule has 0 bridgehead atoms. The molecule has 1 unspecified atom stereocenters. The highest BCUT2D eigenvalue weighted by atomic mass is 16.5. The van der Waals surface area contributed by atoms with Gasteiger partial charge in [-0.3, -0.25) is 9.69 Å². The summed E-state index contributed by atoms with van der Waals surface area (Å²) in [6.07, 6.45) is 0. The van der Waals surface area contributed by atoms with Crippen molar-refractivity contribution in [3.63, 3.8) is 0 Å². The first kappa shape index (κ1) is 18.2. The molecule has 2 aromatic carbocycles. The van der Waals surface area contributed by atoms with E-state index in [1.165, 1.54) is 0 Å². The van der Waals surface area contributed by atoms with Crippen molar-refractivity contribution < 1.29 is 14.3 Å². The quantitative estimate of drug-likeness (QED) is 0.610. The largest absolute Gasteiger partial charge is 0.492 e. The van der Waals surface area contributed by atoms with E-state index in [9.17, 15) is 4.79 Å². The number of hydrogen-bond acceptors (Lipinski definition) is 6. The molecule has 1 aliphatic heterocycles. The molecule has 0 amide bonds. The van der Waals surface area contributed by atoms with Crippen LogP contribution in [0.5, 0.6) is 5.75 Å². The van der Waals surface area contributed by atoms with Gasteiger partial charge in [0.05, 0.1) is 24.6 Å². The lowest BCUT2D eigenvalue weighted by molar-refractivity contribution is 0.0105. The minimum atomic E-state index is -0.108. The lowest BCUT2D eigenvalue weighted by Crippen LogP contribution is -2.44. The van der Waals surface area contributed by atoms with Crippen molar-refractivity contribution in [2.75, 3.05) is 44.4 Å². The molecular formula is C20H25N3O3. The van der Waals surface area contributed by atoms with E-state index in [1.54, 1.807) is 30.3 Å². The molecule has 138 valence electrons. The molecule has 3 rings (SSSR count). The average molecular weight is 355 g/mol. The Balaban J connectivity index is 1.65. The van der Waals surface area contributed by atoms with E-state index in [0.717, 1.165) is 26.3 Å². The average Bonchev–Trinajstić information content (AvgIpc) is 2.68. The van der Waals surface area contributed by atoms with Crippen molar-refractivity contribution in [2.24, 2.45) is 0 Å². The summed E-state index contributed by atoms with van der Waals surface area (Å²) < 4.78 is 11.3. The molecule has 4 N–H and O–H groups in total. The lowest BCUT2D eigenvalue weighted by Gasteiger charge is -2.32. The molecule has 0 spiro atoms. The van der Waals surface area contributed by atoms with Crippen LogP contribution in [0.2, 0.25) is 0 Å². The van der Waals surface area contributed by atoms with Crippen LogP contribution in [0.15, 0.2) is 42.5 Å². The van der Waals surface area contributed by atoms with Crippen molar-refractivity contribution in [1.29, 1.82) is 0 Å². The van der Waals surface area contributed by atoms with Crippen LogP contribution in [0.25, 0.3) is 0 Å². The van der Waals surface area contributed by atoms with Crippen LogP contribution in [0.1, 0.15) is 22.8 Å². The van der Waals surface area contributed by atoms with E-state index < -0.39 is 0 Å². The maximum atomic E-state index is 12.7. The molecule has 0 aliphatic carbocycles. The van der Waals surface area contributed by atoms with E-state index in [-0.39, 0.29) is 11.8 Å². The Bertz CT molecular complexity index is 773. The smallest absolute Gasteiger partial charge is 0.193 e. The molecule has 0 aromatic heterocycles. The lowest BCUT2D eigenvalue weighted by atomic mass is 10.0. The first-order valence-corrected chi connectivity index (χ1v) is 8.79. The summed E-state index contributed by atoms with van der Waals surface area (Å²) in [6.45, 7) is 6.06. The molecule has 1 atom stereocenters. The summed E-state index contributed by atoms with van der Waals surface area (Å²) in [4.78, 5) is 15.0. The molecule has 0 radical (unpaired) electrons. The number of morpholine rings is 1. The van der Waals surface area contributed by atoms with Crippen molar-refractivity contribution in [2.45, 2.75) is 13.0 Å². The van der Waals surface area contributed by atoms with Gasteiger partial charge in [0, 0.05) is 30.3 Å². The zero-order valence-corrected chi connectivity index (χ0v) is 15.0. The predicted molar refractivity (Wildman–Crippen MR) is 102 cm³/mol. The summed E-state index contributed by atoms with van der Waals surface area (Å²) in [7, 11) is 0. The highest BCUT2D eigenvalue weighted by molar-refractivity contribution is 6.10. The zero-order valence-electron chi connectivity index (χ0n) is 15.0. The molecule has 6 heteroatoms. The van der Waals surface area contributed by atoms with E-state index >= 15 is 0 Å². The maximum Gasteiger partial charge on any atom is 0.193 e. The molecule has 0 saturated carbocycles. The topological polar surface area (TPSA) is 90.8 Å². The molecule has 26 heavy (non-hydrogen) atoms. The van der Waals surface area contributed by atoms with Gasteiger partial charge in [0.2, 0.25) is 0 Å². The number of carbonyl (C=O) groups is 1. The highest BCUT2D eigenvalue weighted by Gasteiger charge is 2.18. The van der Waals surface area contributed by atoms with E-state index in [1.807, 2.05) is 12.1 Å². The summed E-state index contributed by atoms with van der Waals surface area (Å²) in [5.74, 6) is 0.572. The second-order valence-corrected chi connectivity index (χ2v) is 6.51. The van der Waals surface area contributed by atoms with Crippen LogP contribution in [-0.2, 0) is 4.74 Å². The second kappa shape index (κ2) is 8.21. The van der Waals surface area contributed by atoms with E-state index in [2.05, 4.69) is 11.8 Å². The van der Waals surface area contributed by atoms with Gasteiger partial charge in [-0.2, -0.15) is 0 Å². The van der Waals surface area contributed by atoms with Crippen molar-refractivity contribution in [1.82, 2.24) is 4.90 Å². The summed E-state index contributed by atoms with van der Waals surface area (Å²) in [6, 6.07) is 12.4. The molecule has 2 aromatic rings. The number of nitrogens with zero attached hydrogens (tertiary/aromatic N) is 1. The Morgan fingerprint density at radius 2 is 1.85 bits per heavy atom. The fraction of sp³-hybridized carbons (Fsp3) is 0.350. The van der Waals surface area contributed by atoms with Gasteiger partial charge in [0.1, 0.15) is 12.4 Å². The Labute approximate surface area is 153 Å². The van der Waals surface area contributed by atoms with Gasteiger partial charge >= 0.3 is 0 Å². The standard InChI is InChI=1S/C20H25N3O3/c1-14(23-7-9-25-10-8-23)13-26-17-4-2-3-15(11-17)20(24)16-5-6-18(21)19(22)12-16/h2-6,11-12,14H,7-10,13,21-22H2,1H3.